The van der Waals surface area contributed by atoms with Crippen molar-refractivity contribution in [2.75, 3.05) is 26.2 Å². The van der Waals surface area contributed by atoms with Crippen LogP contribution in [0.25, 0.3) is 0 Å². The lowest BCUT2D eigenvalue weighted by Gasteiger charge is -2.38. The van der Waals surface area contributed by atoms with Gasteiger partial charge in [0.25, 0.3) is 0 Å². The fraction of sp³-hybridized carbons (Fsp3) is 0.786. The SMILES string of the molecule is NC(=O)C1CCN(C(=O)N2CCCC(CC(=O)O)C2)CC1. The minimum absolute atomic E-state index is 0.0343. The molecule has 2 aliphatic rings. The summed E-state index contributed by atoms with van der Waals surface area (Å²) < 4.78 is 0. The van der Waals surface area contributed by atoms with Gasteiger partial charge >= 0.3 is 12.0 Å². The number of piperidine rings is 2. The van der Waals surface area contributed by atoms with E-state index in [1.165, 1.54) is 0 Å². The van der Waals surface area contributed by atoms with Gasteiger partial charge in [-0.25, -0.2) is 4.79 Å². The first-order chi connectivity index (χ1) is 9.97. The lowest BCUT2D eigenvalue weighted by Crippen LogP contribution is -2.50. The second-order valence-corrected chi connectivity index (χ2v) is 6.00. The van der Waals surface area contributed by atoms with E-state index in [2.05, 4.69) is 0 Å². The van der Waals surface area contributed by atoms with Crippen molar-refractivity contribution in [1.82, 2.24) is 9.80 Å². The lowest BCUT2D eigenvalue weighted by atomic mass is 9.94. The number of rotatable bonds is 3. The molecule has 2 saturated heterocycles. The summed E-state index contributed by atoms with van der Waals surface area (Å²) in [6.07, 6.45) is 3.07. The molecule has 2 fully saturated rings. The second kappa shape index (κ2) is 6.78. The lowest BCUT2D eigenvalue weighted by molar-refractivity contribution is -0.138. The fourth-order valence-corrected chi connectivity index (χ4v) is 3.21. The third kappa shape index (κ3) is 4.09. The van der Waals surface area contributed by atoms with Crippen LogP contribution in [0, 0.1) is 11.8 Å². The molecule has 2 rings (SSSR count). The number of carbonyl (C=O) groups excluding carboxylic acids is 2. The summed E-state index contributed by atoms with van der Waals surface area (Å²) >= 11 is 0. The molecule has 7 nitrogen and oxygen atoms in total. The van der Waals surface area contributed by atoms with Gasteiger partial charge in [-0.1, -0.05) is 0 Å². The van der Waals surface area contributed by atoms with Gasteiger partial charge < -0.3 is 20.6 Å². The monoisotopic (exact) mass is 297 g/mol. The van der Waals surface area contributed by atoms with Crippen LogP contribution in [0.5, 0.6) is 0 Å². The molecule has 0 aliphatic carbocycles. The Morgan fingerprint density at radius 2 is 1.71 bits per heavy atom. The number of carbonyl (C=O) groups is 3. The van der Waals surface area contributed by atoms with E-state index in [0.29, 0.717) is 39.0 Å². The van der Waals surface area contributed by atoms with Crippen molar-refractivity contribution < 1.29 is 19.5 Å². The largest absolute Gasteiger partial charge is 0.481 e. The number of primary amides is 1. The van der Waals surface area contributed by atoms with Gasteiger partial charge in [-0.2, -0.15) is 0 Å². The topological polar surface area (TPSA) is 104 Å². The van der Waals surface area contributed by atoms with Gasteiger partial charge in [0, 0.05) is 38.5 Å². The van der Waals surface area contributed by atoms with E-state index in [4.69, 9.17) is 10.8 Å². The van der Waals surface area contributed by atoms with Crippen molar-refractivity contribution in [1.29, 1.82) is 0 Å². The van der Waals surface area contributed by atoms with Crippen LogP contribution in [0.4, 0.5) is 4.79 Å². The van der Waals surface area contributed by atoms with Crippen LogP contribution in [0.3, 0.4) is 0 Å². The molecular weight excluding hydrogens is 274 g/mol. The predicted molar refractivity (Wildman–Crippen MR) is 75.4 cm³/mol. The minimum atomic E-state index is -0.809. The number of urea groups is 1. The number of nitrogens with two attached hydrogens (primary N) is 1. The van der Waals surface area contributed by atoms with Gasteiger partial charge in [-0.15, -0.1) is 0 Å². The van der Waals surface area contributed by atoms with Crippen LogP contribution in [0.2, 0.25) is 0 Å². The van der Waals surface area contributed by atoms with E-state index >= 15 is 0 Å². The van der Waals surface area contributed by atoms with Crippen molar-refractivity contribution in [3.05, 3.63) is 0 Å². The fourth-order valence-electron chi connectivity index (χ4n) is 3.21. The molecule has 0 bridgehead atoms. The highest BCUT2D eigenvalue weighted by Crippen LogP contribution is 2.23. The molecule has 0 saturated carbocycles. The van der Waals surface area contributed by atoms with Gasteiger partial charge in [-0.3, -0.25) is 9.59 Å². The molecule has 118 valence electrons. The van der Waals surface area contributed by atoms with Gasteiger partial charge in [0.2, 0.25) is 5.91 Å². The van der Waals surface area contributed by atoms with Crippen LogP contribution in [0.15, 0.2) is 0 Å². The van der Waals surface area contributed by atoms with Gasteiger partial charge in [0.15, 0.2) is 0 Å². The standard InChI is InChI=1S/C14H23N3O4/c15-13(20)11-3-6-16(7-4-11)14(21)17-5-1-2-10(9-17)8-12(18)19/h10-11H,1-9H2,(H2,15,20)(H,18,19). The smallest absolute Gasteiger partial charge is 0.320 e. The zero-order valence-corrected chi connectivity index (χ0v) is 12.2. The molecule has 0 aromatic rings. The second-order valence-electron chi connectivity index (χ2n) is 6.00. The summed E-state index contributed by atoms with van der Waals surface area (Å²) in [7, 11) is 0. The number of hydrogen-bond acceptors (Lipinski definition) is 3. The zero-order valence-electron chi connectivity index (χ0n) is 12.2. The van der Waals surface area contributed by atoms with Crippen molar-refractivity contribution in [2.24, 2.45) is 17.6 Å². The molecule has 2 aliphatic heterocycles. The number of hydrogen-bond donors (Lipinski definition) is 2. The summed E-state index contributed by atoms with van der Waals surface area (Å²) in [6, 6.07) is -0.0343. The third-order valence-corrected chi connectivity index (χ3v) is 4.42. The van der Waals surface area contributed by atoms with E-state index < -0.39 is 5.97 Å². The Labute approximate surface area is 124 Å². The maximum absolute atomic E-state index is 12.4. The van der Waals surface area contributed by atoms with Crippen LogP contribution >= 0.6 is 0 Å². The van der Waals surface area contributed by atoms with E-state index in [-0.39, 0.29) is 30.2 Å². The van der Waals surface area contributed by atoms with Crippen LogP contribution in [0.1, 0.15) is 32.1 Å². The Morgan fingerprint density at radius 1 is 1.05 bits per heavy atom. The first-order valence-electron chi connectivity index (χ1n) is 7.52. The molecule has 2 heterocycles. The summed E-state index contributed by atoms with van der Waals surface area (Å²) in [5.41, 5.74) is 5.29. The predicted octanol–water partition coefficient (Wildman–Crippen LogP) is 0.490. The number of aliphatic carboxylic acids is 1. The van der Waals surface area contributed by atoms with Crippen LogP contribution < -0.4 is 5.73 Å². The van der Waals surface area contributed by atoms with E-state index in [0.717, 1.165) is 12.8 Å². The molecule has 7 heteroatoms. The first kappa shape index (κ1) is 15.6. The van der Waals surface area contributed by atoms with E-state index in [1.54, 1.807) is 9.80 Å². The highest BCUT2D eigenvalue weighted by Gasteiger charge is 2.31. The molecule has 1 atom stereocenters. The van der Waals surface area contributed by atoms with Crippen molar-refractivity contribution in [2.45, 2.75) is 32.1 Å². The summed E-state index contributed by atoms with van der Waals surface area (Å²) in [4.78, 5) is 37.9. The number of carboxylic acids is 1. The highest BCUT2D eigenvalue weighted by atomic mass is 16.4. The van der Waals surface area contributed by atoms with Crippen LogP contribution in [-0.2, 0) is 9.59 Å². The Balaban J connectivity index is 1.85. The summed E-state index contributed by atoms with van der Waals surface area (Å²) in [6.45, 7) is 2.30. The number of amides is 3. The van der Waals surface area contributed by atoms with Crippen molar-refractivity contribution in [3.8, 4) is 0 Å². The number of nitrogens with zero attached hydrogens (tertiary/aromatic N) is 2. The normalized spacial score (nSPS) is 23.9. The molecule has 21 heavy (non-hydrogen) atoms. The number of carboxylic acid groups (broad SMARTS) is 1. The quantitative estimate of drug-likeness (QED) is 0.791. The zero-order chi connectivity index (χ0) is 15.4. The Hall–Kier alpha value is -1.79. The summed E-state index contributed by atoms with van der Waals surface area (Å²) in [5, 5.41) is 8.86. The maximum atomic E-state index is 12.4. The van der Waals surface area contributed by atoms with E-state index in [9.17, 15) is 14.4 Å². The number of likely N-dealkylation sites (tertiary alicyclic amines) is 2. The molecule has 0 radical (unpaired) electrons. The van der Waals surface area contributed by atoms with Gasteiger partial charge in [0.05, 0.1) is 0 Å². The van der Waals surface area contributed by atoms with Gasteiger partial charge in [-0.05, 0) is 31.6 Å². The third-order valence-electron chi connectivity index (χ3n) is 4.42. The molecule has 0 aromatic carbocycles. The Morgan fingerprint density at radius 3 is 2.29 bits per heavy atom. The Kier molecular flexibility index (Phi) is 5.03. The molecule has 3 amide bonds. The Bertz CT molecular complexity index is 418. The minimum Gasteiger partial charge on any atom is -0.481 e. The van der Waals surface area contributed by atoms with E-state index in [1.807, 2.05) is 0 Å². The molecule has 0 aromatic heterocycles. The van der Waals surface area contributed by atoms with Crippen LogP contribution in [-0.4, -0.2) is 59.0 Å². The molecule has 0 spiro atoms. The average molecular weight is 297 g/mol. The summed E-state index contributed by atoms with van der Waals surface area (Å²) in [5.74, 6) is -1.18. The van der Waals surface area contributed by atoms with Gasteiger partial charge in [0.1, 0.15) is 0 Å². The maximum Gasteiger partial charge on any atom is 0.320 e. The van der Waals surface area contributed by atoms with Crippen molar-refractivity contribution >= 4 is 17.9 Å². The highest BCUT2D eigenvalue weighted by molar-refractivity contribution is 5.78. The molecular formula is C14H23N3O4. The molecule has 3 N–H and O–H groups in total. The average Bonchev–Trinajstić information content (AvgIpc) is 2.46. The van der Waals surface area contributed by atoms with Crippen molar-refractivity contribution in [3.63, 3.8) is 0 Å². The molecule has 1 unspecified atom stereocenters. The first-order valence-corrected chi connectivity index (χ1v) is 7.52.